The molecule has 0 aliphatic carbocycles. The van der Waals surface area contributed by atoms with E-state index in [1.165, 1.54) is 6.07 Å². The van der Waals surface area contributed by atoms with E-state index in [1.807, 2.05) is 53.4 Å². The summed E-state index contributed by atoms with van der Waals surface area (Å²) in [4.78, 5) is 27.6. The van der Waals surface area contributed by atoms with E-state index in [0.29, 0.717) is 48.7 Å². The number of ether oxygens (including phenoxy) is 1. The first-order valence-electron chi connectivity index (χ1n) is 12.5. The normalized spacial score (nSPS) is 13.3. The number of anilines is 2. The van der Waals surface area contributed by atoms with Gasteiger partial charge in [-0.3, -0.25) is 20.2 Å². The lowest BCUT2D eigenvalue weighted by atomic mass is 10.1. The van der Waals surface area contributed by atoms with Crippen LogP contribution in [0.2, 0.25) is 0 Å². The van der Waals surface area contributed by atoms with E-state index < -0.39 is 10.8 Å². The first-order chi connectivity index (χ1) is 19.5. The molecule has 5 aromatic rings. The summed E-state index contributed by atoms with van der Waals surface area (Å²) < 4.78 is 5.33. The molecular formula is C28H23N7O4S. The second kappa shape index (κ2) is 10.7. The van der Waals surface area contributed by atoms with Gasteiger partial charge in [0.2, 0.25) is 0 Å². The summed E-state index contributed by atoms with van der Waals surface area (Å²) in [5.41, 5.74) is 3.24. The molecule has 1 amide bonds. The second-order valence-corrected chi connectivity index (χ2v) is 9.57. The van der Waals surface area contributed by atoms with Crippen LogP contribution in [0, 0.1) is 10.1 Å². The van der Waals surface area contributed by atoms with Crippen molar-refractivity contribution in [1.29, 1.82) is 0 Å². The number of benzene rings is 4. The summed E-state index contributed by atoms with van der Waals surface area (Å²) in [5.74, 6) is -0.558. The minimum Gasteiger partial charge on any atom is -0.378 e. The number of fused-ring (bicyclic) bond motifs is 2. The number of hydrogen-bond acceptors (Lipinski definition) is 8. The fourth-order valence-corrected chi connectivity index (χ4v) is 4.91. The lowest BCUT2D eigenvalue weighted by Crippen LogP contribution is -2.37. The van der Waals surface area contributed by atoms with E-state index in [1.54, 1.807) is 29.1 Å². The van der Waals surface area contributed by atoms with Crippen molar-refractivity contribution in [3.63, 3.8) is 0 Å². The van der Waals surface area contributed by atoms with Crippen LogP contribution in [0.25, 0.3) is 27.5 Å². The maximum absolute atomic E-state index is 12.9. The number of carbonyl (C=O) groups is 1. The fourth-order valence-electron chi connectivity index (χ4n) is 4.70. The molecule has 0 atom stereocenters. The number of aromatic nitrogens is 3. The molecule has 1 aliphatic rings. The van der Waals surface area contributed by atoms with Crippen molar-refractivity contribution in [2.45, 2.75) is 0 Å². The van der Waals surface area contributed by atoms with Gasteiger partial charge in [0.1, 0.15) is 16.7 Å². The molecule has 1 fully saturated rings. The van der Waals surface area contributed by atoms with E-state index in [4.69, 9.17) is 17.0 Å². The lowest BCUT2D eigenvalue weighted by Gasteiger charge is -2.28. The zero-order valence-corrected chi connectivity index (χ0v) is 21.9. The van der Waals surface area contributed by atoms with Crippen LogP contribution in [0.15, 0.2) is 78.9 Å². The molecule has 1 aliphatic heterocycles. The van der Waals surface area contributed by atoms with Gasteiger partial charge in [-0.1, -0.05) is 36.4 Å². The third-order valence-corrected chi connectivity index (χ3v) is 6.84. The maximum Gasteiger partial charge on any atom is 0.293 e. The second-order valence-electron chi connectivity index (χ2n) is 9.16. The van der Waals surface area contributed by atoms with Gasteiger partial charge < -0.3 is 15.0 Å². The van der Waals surface area contributed by atoms with Crippen molar-refractivity contribution in [2.24, 2.45) is 0 Å². The number of nitro benzene ring substituents is 1. The predicted octanol–water partition coefficient (Wildman–Crippen LogP) is 4.45. The summed E-state index contributed by atoms with van der Waals surface area (Å²) in [6.45, 7) is 2.07. The predicted molar refractivity (Wildman–Crippen MR) is 156 cm³/mol. The molecule has 6 rings (SSSR count). The number of rotatable bonds is 5. The van der Waals surface area contributed by atoms with Gasteiger partial charge in [0.05, 0.1) is 23.8 Å². The highest BCUT2D eigenvalue weighted by atomic mass is 32.1. The number of hydrogen-bond donors (Lipinski definition) is 2. The monoisotopic (exact) mass is 553 g/mol. The average Bonchev–Trinajstić information content (AvgIpc) is 3.40. The van der Waals surface area contributed by atoms with Crippen LogP contribution in [-0.4, -0.2) is 57.2 Å². The van der Waals surface area contributed by atoms with Crippen molar-refractivity contribution in [1.82, 2.24) is 20.3 Å². The van der Waals surface area contributed by atoms with Crippen LogP contribution in [0.3, 0.4) is 0 Å². The Kier molecular flexibility index (Phi) is 6.76. The zero-order chi connectivity index (χ0) is 27.6. The van der Waals surface area contributed by atoms with Crippen LogP contribution in [0.1, 0.15) is 10.4 Å². The Morgan fingerprint density at radius 1 is 0.925 bits per heavy atom. The van der Waals surface area contributed by atoms with Gasteiger partial charge in [-0.05, 0) is 54.0 Å². The molecule has 4 aromatic carbocycles. The van der Waals surface area contributed by atoms with Crippen LogP contribution in [-0.2, 0) is 4.74 Å². The molecule has 2 N–H and O–H groups in total. The highest BCUT2D eigenvalue weighted by Crippen LogP contribution is 2.30. The van der Waals surface area contributed by atoms with Crippen molar-refractivity contribution in [2.75, 3.05) is 36.5 Å². The number of thiocarbonyl (C=S) groups is 1. The van der Waals surface area contributed by atoms with Crippen LogP contribution in [0.4, 0.5) is 17.1 Å². The van der Waals surface area contributed by atoms with Crippen molar-refractivity contribution in [3.8, 4) is 5.69 Å². The Balaban J connectivity index is 1.17. The van der Waals surface area contributed by atoms with Crippen molar-refractivity contribution >= 4 is 62.1 Å². The van der Waals surface area contributed by atoms with Crippen LogP contribution in [0.5, 0.6) is 0 Å². The SMILES string of the molecule is O=C(NC(=S)Nc1ccc2nn(-c3cccc4ccccc34)nc2c1)c1ccc(N2CCOCC2)c([N+](=O)[O-])c1. The smallest absolute Gasteiger partial charge is 0.293 e. The highest BCUT2D eigenvalue weighted by Gasteiger charge is 2.23. The number of nitro groups is 1. The summed E-state index contributed by atoms with van der Waals surface area (Å²) in [7, 11) is 0. The quantitative estimate of drug-likeness (QED) is 0.184. The topological polar surface area (TPSA) is 127 Å². The molecule has 0 saturated carbocycles. The number of nitrogens with zero attached hydrogens (tertiary/aromatic N) is 5. The molecule has 11 nitrogen and oxygen atoms in total. The first-order valence-corrected chi connectivity index (χ1v) is 13.0. The highest BCUT2D eigenvalue weighted by molar-refractivity contribution is 7.80. The third kappa shape index (κ3) is 5.05. The summed E-state index contributed by atoms with van der Waals surface area (Å²) in [6, 6.07) is 23.8. The Morgan fingerprint density at radius 3 is 2.52 bits per heavy atom. The molecule has 200 valence electrons. The van der Waals surface area contributed by atoms with Gasteiger partial charge in [0.25, 0.3) is 11.6 Å². The fraction of sp³-hybridized carbons (Fsp3) is 0.143. The molecule has 1 saturated heterocycles. The minimum absolute atomic E-state index is 0.0469. The first kappa shape index (κ1) is 25.3. The number of amides is 1. The lowest BCUT2D eigenvalue weighted by molar-refractivity contribution is -0.384. The standard InChI is InChI=1S/C28H23N7O4S/c36-27(19-8-11-25(26(16-19)35(37)38)33-12-14-39-15-13-33)30-28(40)29-20-9-10-22-23(17-20)32-34(31-22)24-7-3-5-18-4-1-2-6-21(18)24/h1-11,16-17H,12-15H2,(H2,29,30,36,40). The molecule has 12 heteroatoms. The summed E-state index contributed by atoms with van der Waals surface area (Å²) in [6.07, 6.45) is 0. The van der Waals surface area contributed by atoms with E-state index >= 15 is 0 Å². The Hall–Kier alpha value is -4.94. The average molecular weight is 554 g/mol. The molecular weight excluding hydrogens is 530 g/mol. The van der Waals surface area contributed by atoms with Crippen molar-refractivity contribution in [3.05, 3.63) is 94.5 Å². The maximum atomic E-state index is 12.9. The van der Waals surface area contributed by atoms with Crippen LogP contribution < -0.4 is 15.5 Å². The molecule has 2 heterocycles. The van der Waals surface area contributed by atoms with E-state index in [9.17, 15) is 14.9 Å². The Labute approximate surface area is 233 Å². The van der Waals surface area contributed by atoms with Gasteiger partial charge in [0.15, 0.2) is 5.11 Å². The number of nitrogens with one attached hydrogen (secondary N) is 2. The molecule has 0 unspecified atom stereocenters. The molecule has 1 aromatic heterocycles. The molecule has 0 radical (unpaired) electrons. The number of morpholine rings is 1. The Morgan fingerprint density at radius 2 is 1.70 bits per heavy atom. The van der Waals surface area contributed by atoms with Crippen LogP contribution >= 0.6 is 12.2 Å². The van der Waals surface area contributed by atoms with Gasteiger partial charge in [-0.15, -0.1) is 15.0 Å². The van der Waals surface area contributed by atoms with E-state index in [0.717, 1.165) is 16.5 Å². The van der Waals surface area contributed by atoms with Gasteiger partial charge in [-0.2, -0.15) is 0 Å². The molecule has 0 spiro atoms. The van der Waals surface area contributed by atoms with Gasteiger partial charge in [0, 0.05) is 35.8 Å². The van der Waals surface area contributed by atoms with Crippen molar-refractivity contribution < 1.29 is 14.5 Å². The van der Waals surface area contributed by atoms with Gasteiger partial charge >= 0.3 is 0 Å². The summed E-state index contributed by atoms with van der Waals surface area (Å²) >= 11 is 5.34. The third-order valence-electron chi connectivity index (χ3n) is 6.63. The van der Waals surface area contributed by atoms with E-state index in [2.05, 4.69) is 20.8 Å². The minimum atomic E-state index is -0.558. The number of carbonyl (C=O) groups excluding carboxylic acids is 1. The Bertz CT molecular complexity index is 1780. The van der Waals surface area contributed by atoms with E-state index in [-0.39, 0.29) is 16.4 Å². The zero-order valence-electron chi connectivity index (χ0n) is 21.1. The van der Waals surface area contributed by atoms with Gasteiger partial charge in [-0.25, -0.2) is 0 Å². The largest absolute Gasteiger partial charge is 0.378 e. The summed E-state index contributed by atoms with van der Waals surface area (Å²) in [5, 5.41) is 28.7. The molecule has 0 bridgehead atoms. The molecule has 40 heavy (non-hydrogen) atoms.